The molecule has 1 saturated heterocycles. The highest BCUT2D eigenvalue weighted by Gasteiger charge is 2.27. The Hall–Kier alpha value is -0.870. The van der Waals surface area contributed by atoms with Crippen molar-refractivity contribution in [1.29, 1.82) is 0 Å². The Labute approximate surface area is 87.0 Å². The molecule has 2 rings (SSSR count). The number of amides is 1. The van der Waals surface area contributed by atoms with Crippen molar-refractivity contribution in [3.05, 3.63) is 21.9 Å². The van der Waals surface area contributed by atoms with Gasteiger partial charge in [0, 0.05) is 18.0 Å². The Morgan fingerprint density at radius 2 is 2.50 bits per heavy atom. The smallest absolute Gasteiger partial charge is 0.225 e. The van der Waals surface area contributed by atoms with Gasteiger partial charge in [-0.1, -0.05) is 0 Å². The molecule has 76 valence electrons. The van der Waals surface area contributed by atoms with E-state index in [0.29, 0.717) is 13.1 Å². The van der Waals surface area contributed by atoms with E-state index in [4.69, 9.17) is 0 Å². The highest BCUT2D eigenvalue weighted by molar-refractivity contribution is 7.10. The number of aryl methyl sites for hydroxylation is 1. The third-order valence-corrected chi connectivity index (χ3v) is 3.26. The average molecular weight is 211 g/mol. The Morgan fingerprint density at radius 1 is 1.71 bits per heavy atom. The predicted octanol–water partition coefficient (Wildman–Crippen LogP) is 1.15. The fraction of sp³-hybridized carbons (Fsp3) is 0.500. The molecule has 2 heterocycles. The molecule has 1 aromatic heterocycles. The molecule has 1 unspecified atom stereocenters. The van der Waals surface area contributed by atoms with E-state index in [-0.39, 0.29) is 12.3 Å². The molecule has 0 saturated carbocycles. The van der Waals surface area contributed by atoms with Gasteiger partial charge in [-0.3, -0.25) is 4.79 Å². The molecule has 1 fully saturated rings. The molecule has 1 aliphatic rings. The standard InChI is InChI=1S/C10H13NO2S/c1-7-2-8(6-14-7)4-11-5-9(12)3-10(11)13/h2,6,9,12H,3-5H2,1H3. The van der Waals surface area contributed by atoms with Crippen molar-refractivity contribution in [3.63, 3.8) is 0 Å². The number of nitrogens with zero attached hydrogens (tertiary/aromatic N) is 1. The number of β-amino-alcohol motifs (C(OH)–C–C–N with tert-alkyl or cyclic N) is 1. The second-order valence-corrected chi connectivity index (χ2v) is 4.81. The minimum Gasteiger partial charge on any atom is -0.391 e. The molecule has 0 aliphatic carbocycles. The minimum atomic E-state index is -0.470. The van der Waals surface area contributed by atoms with Crippen molar-refractivity contribution >= 4 is 17.2 Å². The lowest BCUT2D eigenvalue weighted by Crippen LogP contribution is -2.24. The minimum absolute atomic E-state index is 0.0568. The van der Waals surface area contributed by atoms with E-state index in [2.05, 4.69) is 18.4 Å². The van der Waals surface area contributed by atoms with E-state index in [0.717, 1.165) is 5.56 Å². The van der Waals surface area contributed by atoms with E-state index < -0.39 is 6.10 Å². The average Bonchev–Trinajstić information content (AvgIpc) is 2.61. The molecule has 1 amide bonds. The zero-order valence-electron chi connectivity index (χ0n) is 8.06. The lowest BCUT2D eigenvalue weighted by molar-refractivity contribution is -0.128. The van der Waals surface area contributed by atoms with E-state index >= 15 is 0 Å². The largest absolute Gasteiger partial charge is 0.391 e. The number of hydrogen-bond acceptors (Lipinski definition) is 3. The second kappa shape index (κ2) is 3.71. The topological polar surface area (TPSA) is 40.5 Å². The third-order valence-electron chi connectivity index (χ3n) is 2.35. The van der Waals surface area contributed by atoms with Gasteiger partial charge in [0.2, 0.25) is 5.91 Å². The summed E-state index contributed by atoms with van der Waals surface area (Å²) in [5, 5.41) is 11.4. The van der Waals surface area contributed by atoms with Gasteiger partial charge >= 0.3 is 0 Å². The molecule has 1 N–H and O–H groups in total. The van der Waals surface area contributed by atoms with Crippen LogP contribution >= 0.6 is 11.3 Å². The monoisotopic (exact) mass is 211 g/mol. The van der Waals surface area contributed by atoms with Crippen molar-refractivity contribution in [2.75, 3.05) is 6.54 Å². The van der Waals surface area contributed by atoms with Gasteiger partial charge in [0.1, 0.15) is 0 Å². The molecule has 0 spiro atoms. The van der Waals surface area contributed by atoms with Crippen LogP contribution in [0.15, 0.2) is 11.4 Å². The van der Waals surface area contributed by atoms with Crippen LogP contribution in [0.3, 0.4) is 0 Å². The first-order valence-electron chi connectivity index (χ1n) is 4.65. The number of rotatable bonds is 2. The SMILES string of the molecule is Cc1cc(CN2CC(O)CC2=O)cs1. The number of hydrogen-bond donors (Lipinski definition) is 1. The molecule has 0 aromatic carbocycles. The number of aliphatic hydroxyl groups excluding tert-OH is 1. The Kier molecular flexibility index (Phi) is 2.56. The Morgan fingerprint density at radius 3 is 3.00 bits per heavy atom. The van der Waals surface area contributed by atoms with Gasteiger partial charge in [-0.05, 0) is 23.9 Å². The first-order valence-corrected chi connectivity index (χ1v) is 5.53. The highest BCUT2D eigenvalue weighted by atomic mass is 32.1. The summed E-state index contributed by atoms with van der Waals surface area (Å²) in [7, 11) is 0. The summed E-state index contributed by atoms with van der Waals surface area (Å²) in [5.74, 6) is 0.0568. The summed E-state index contributed by atoms with van der Waals surface area (Å²) < 4.78 is 0. The van der Waals surface area contributed by atoms with Crippen LogP contribution in [0.25, 0.3) is 0 Å². The van der Waals surface area contributed by atoms with Crippen LogP contribution in [-0.2, 0) is 11.3 Å². The first kappa shape index (κ1) is 9.68. The van der Waals surface area contributed by atoms with Crippen molar-refractivity contribution in [2.45, 2.75) is 26.0 Å². The van der Waals surface area contributed by atoms with E-state index in [1.165, 1.54) is 4.88 Å². The normalized spacial score (nSPS) is 22.0. The van der Waals surface area contributed by atoms with Crippen LogP contribution in [-0.4, -0.2) is 28.6 Å². The Bertz CT molecular complexity index is 348. The van der Waals surface area contributed by atoms with Crippen LogP contribution in [0, 0.1) is 6.92 Å². The molecule has 1 atom stereocenters. The summed E-state index contributed by atoms with van der Waals surface area (Å²) in [6.07, 6.45) is -0.189. The molecular formula is C10H13NO2S. The Balaban J connectivity index is 2.01. The molecule has 1 aromatic rings. The fourth-order valence-electron chi connectivity index (χ4n) is 1.71. The van der Waals surface area contributed by atoms with Gasteiger partial charge in [0.25, 0.3) is 0 Å². The summed E-state index contributed by atoms with van der Waals surface area (Å²) in [4.78, 5) is 14.3. The van der Waals surface area contributed by atoms with Gasteiger partial charge < -0.3 is 10.0 Å². The predicted molar refractivity (Wildman–Crippen MR) is 55.1 cm³/mol. The van der Waals surface area contributed by atoms with Crippen LogP contribution in [0.2, 0.25) is 0 Å². The van der Waals surface area contributed by atoms with Gasteiger partial charge in [-0.15, -0.1) is 11.3 Å². The highest BCUT2D eigenvalue weighted by Crippen LogP contribution is 2.18. The van der Waals surface area contributed by atoms with Gasteiger partial charge in [-0.2, -0.15) is 0 Å². The fourth-order valence-corrected chi connectivity index (χ4v) is 2.40. The molecular weight excluding hydrogens is 198 g/mol. The molecule has 3 nitrogen and oxygen atoms in total. The van der Waals surface area contributed by atoms with Crippen LogP contribution in [0.1, 0.15) is 16.9 Å². The molecule has 0 bridgehead atoms. The van der Waals surface area contributed by atoms with Crippen LogP contribution in [0.4, 0.5) is 0 Å². The van der Waals surface area contributed by atoms with E-state index in [1.807, 2.05) is 0 Å². The summed E-state index contributed by atoms with van der Waals surface area (Å²) in [5.41, 5.74) is 1.16. The van der Waals surface area contributed by atoms with Crippen molar-refractivity contribution < 1.29 is 9.90 Å². The lowest BCUT2D eigenvalue weighted by Gasteiger charge is -2.14. The maximum Gasteiger partial charge on any atom is 0.225 e. The number of carbonyl (C=O) groups excluding carboxylic acids is 1. The van der Waals surface area contributed by atoms with Crippen LogP contribution < -0.4 is 0 Å². The number of likely N-dealkylation sites (tertiary alicyclic amines) is 1. The summed E-state index contributed by atoms with van der Waals surface area (Å²) in [6.45, 7) is 3.17. The lowest BCUT2D eigenvalue weighted by atomic mass is 10.3. The number of thiophene rings is 1. The molecule has 1 aliphatic heterocycles. The first-order chi connectivity index (χ1) is 6.65. The summed E-state index contributed by atoms with van der Waals surface area (Å²) >= 11 is 1.69. The maximum absolute atomic E-state index is 11.4. The zero-order chi connectivity index (χ0) is 10.1. The second-order valence-electron chi connectivity index (χ2n) is 3.70. The van der Waals surface area contributed by atoms with Crippen molar-refractivity contribution in [1.82, 2.24) is 4.90 Å². The van der Waals surface area contributed by atoms with Gasteiger partial charge in [0.15, 0.2) is 0 Å². The maximum atomic E-state index is 11.4. The van der Waals surface area contributed by atoms with Crippen LogP contribution in [0.5, 0.6) is 0 Å². The molecule has 0 radical (unpaired) electrons. The van der Waals surface area contributed by atoms with Crippen molar-refractivity contribution in [2.24, 2.45) is 0 Å². The molecule has 14 heavy (non-hydrogen) atoms. The van der Waals surface area contributed by atoms with E-state index in [9.17, 15) is 9.90 Å². The number of carbonyl (C=O) groups is 1. The van der Waals surface area contributed by atoms with Gasteiger partial charge in [-0.25, -0.2) is 0 Å². The zero-order valence-corrected chi connectivity index (χ0v) is 8.88. The third kappa shape index (κ3) is 1.96. The van der Waals surface area contributed by atoms with Gasteiger partial charge in [0.05, 0.1) is 12.5 Å². The summed E-state index contributed by atoms with van der Waals surface area (Å²) in [6, 6.07) is 2.09. The molecule has 4 heteroatoms. The quantitative estimate of drug-likeness (QED) is 0.797. The number of aliphatic hydroxyl groups is 1. The van der Waals surface area contributed by atoms with E-state index in [1.54, 1.807) is 16.2 Å². The van der Waals surface area contributed by atoms with Crippen molar-refractivity contribution in [3.8, 4) is 0 Å².